The fourth-order valence-electron chi connectivity index (χ4n) is 2.34. The van der Waals surface area contributed by atoms with Crippen molar-refractivity contribution in [3.63, 3.8) is 0 Å². The summed E-state index contributed by atoms with van der Waals surface area (Å²) in [5, 5.41) is 0. The van der Waals surface area contributed by atoms with E-state index in [0.717, 1.165) is 17.0 Å². The molecule has 0 spiro atoms. The fraction of sp³-hybridized carbons (Fsp3) is 0.316. The SMILES string of the molecule is CCOc1ccc(CC(=O)N(C)c2ccc(OC)c(OC)c2)cc1. The average molecular weight is 329 g/mol. The topological polar surface area (TPSA) is 48.0 Å². The summed E-state index contributed by atoms with van der Waals surface area (Å²) in [6.07, 6.45) is 0.317. The highest BCUT2D eigenvalue weighted by molar-refractivity contribution is 5.94. The predicted octanol–water partition coefficient (Wildman–Crippen LogP) is 3.31. The van der Waals surface area contributed by atoms with Gasteiger partial charge >= 0.3 is 0 Å². The van der Waals surface area contributed by atoms with Gasteiger partial charge in [-0.05, 0) is 36.8 Å². The van der Waals surface area contributed by atoms with Crippen LogP contribution >= 0.6 is 0 Å². The van der Waals surface area contributed by atoms with Crippen LogP contribution in [0.4, 0.5) is 5.69 Å². The smallest absolute Gasteiger partial charge is 0.231 e. The van der Waals surface area contributed by atoms with Gasteiger partial charge in [0.15, 0.2) is 11.5 Å². The van der Waals surface area contributed by atoms with Gasteiger partial charge in [0, 0.05) is 18.8 Å². The van der Waals surface area contributed by atoms with Crippen molar-refractivity contribution in [2.75, 3.05) is 32.8 Å². The van der Waals surface area contributed by atoms with Gasteiger partial charge in [0.1, 0.15) is 5.75 Å². The lowest BCUT2D eigenvalue weighted by atomic mass is 10.1. The number of benzene rings is 2. The molecular weight excluding hydrogens is 306 g/mol. The molecule has 2 rings (SSSR count). The van der Waals surface area contributed by atoms with E-state index >= 15 is 0 Å². The van der Waals surface area contributed by atoms with Crippen molar-refractivity contribution in [1.29, 1.82) is 0 Å². The van der Waals surface area contributed by atoms with Crippen LogP contribution in [-0.4, -0.2) is 33.8 Å². The number of rotatable bonds is 7. The quantitative estimate of drug-likeness (QED) is 0.782. The molecule has 0 saturated heterocycles. The molecule has 0 radical (unpaired) electrons. The number of carbonyl (C=O) groups is 1. The molecule has 0 aliphatic heterocycles. The predicted molar refractivity (Wildman–Crippen MR) is 94.3 cm³/mol. The van der Waals surface area contributed by atoms with E-state index in [1.54, 1.807) is 38.3 Å². The molecule has 0 unspecified atom stereocenters. The molecule has 24 heavy (non-hydrogen) atoms. The number of carbonyl (C=O) groups excluding carboxylic acids is 1. The third kappa shape index (κ3) is 4.19. The highest BCUT2D eigenvalue weighted by atomic mass is 16.5. The van der Waals surface area contributed by atoms with Crippen molar-refractivity contribution >= 4 is 11.6 Å². The molecule has 0 aliphatic carbocycles. The molecule has 0 saturated carbocycles. The van der Waals surface area contributed by atoms with Gasteiger partial charge in [-0.2, -0.15) is 0 Å². The largest absolute Gasteiger partial charge is 0.494 e. The van der Waals surface area contributed by atoms with Gasteiger partial charge in [-0.1, -0.05) is 12.1 Å². The minimum Gasteiger partial charge on any atom is -0.494 e. The van der Waals surface area contributed by atoms with E-state index in [-0.39, 0.29) is 5.91 Å². The Kier molecular flexibility index (Phi) is 6.07. The normalized spacial score (nSPS) is 10.2. The van der Waals surface area contributed by atoms with Crippen molar-refractivity contribution in [2.24, 2.45) is 0 Å². The Bertz CT molecular complexity index is 682. The molecule has 2 aromatic rings. The summed E-state index contributed by atoms with van der Waals surface area (Å²) in [6, 6.07) is 13.0. The van der Waals surface area contributed by atoms with Crippen LogP contribution in [0.2, 0.25) is 0 Å². The van der Waals surface area contributed by atoms with E-state index in [1.807, 2.05) is 37.3 Å². The van der Waals surface area contributed by atoms with Gasteiger partial charge in [0.2, 0.25) is 5.91 Å². The first kappa shape index (κ1) is 17.7. The Hall–Kier alpha value is -2.69. The summed E-state index contributed by atoms with van der Waals surface area (Å²) in [7, 11) is 4.90. The second-order valence-electron chi connectivity index (χ2n) is 5.25. The maximum absolute atomic E-state index is 12.5. The number of methoxy groups -OCH3 is 2. The minimum atomic E-state index is -0.00798. The Balaban J connectivity index is 2.08. The monoisotopic (exact) mass is 329 g/mol. The summed E-state index contributed by atoms with van der Waals surface area (Å²) in [5.74, 6) is 2.03. The Morgan fingerprint density at radius 1 is 1.00 bits per heavy atom. The molecule has 0 N–H and O–H groups in total. The first-order chi connectivity index (χ1) is 11.6. The molecule has 0 aromatic heterocycles. The van der Waals surface area contributed by atoms with E-state index in [1.165, 1.54) is 0 Å². The number of hydrogen-bond acceptors (Lipinski definition) is 4. The molecule has 0 heterocycles. The van der Waals surface area contributed by atoms with Crippen LogP contribution in [0.15, 0.2) is 42.5 Å². The minimum absolute atomic E-state index is 0.00798. The van der Waals surface area contributed by atoms with E-state index in [0.29, 0.717) is 24.5 Å². The molecule has 2 aromatic carbocycles. The lowest BCUT2D eigenvalue weighted by Crippen LogP contribution is -2.27. The van der Waals surface area contributed by atoms with Crippen LogP contribution in [-0.2, 0) is 11.2 Å². The number of amides is 1. The maximum atomic E-state index is 12.5. The summed E-state index contributed by atoms with van der Waals surface area (Å²) >= 11 is 0. The van der Waals surface area contributed by atoms with E-state index in [9.17, 15) is 4.79 Å². The van der Waals surface area contributed by atoms with Crippen molar-refractivity contribution < 1.29 is 19.0 Å². The molecule has 0 atom stereocenters. The van der Waals surface area contributed by atoms with E-state index in [2.05, 4.69) is 0 Å². The van der Waals surface area contributed by atoms with Gasteiger partial charge in [-0.25, -0.2) is 0 Å². The second-order valence-corrected chi connectivity index (χ2v) is 5.25. The molecule has 0 fully saturated rings. The van der Waals surface area contributed by atoms with Gasteiger partial charge in [0.05, 0.1) is 27.2 Å². The number of likely N-dealkylation sites (N-methyl/N-ethyl adjacent to an activating group) is 1. The lowest BCUT2D eigenvalue weighted by molar-refractivity contribution is -0.117. The third-order valence-electron chi connectivity index (χ3n) is 3.72. The van der Waals surface area contributed by atoms with Crippen LogP contribution in [0.3, 0.4) is 0 Å². The standard InChI is InChI=1S/C19H23NO4/c1-5-24-16-9-6-14(7-10-16)12-19(21)20(2)15-8-11-17(22-3)18(13-15)23-4/h6-11,13H,5,12H2,1-4H3. The van der Waals surface area contributed by atoms with Crippen molar-refractivity contribution in [1.82, 2.24) is 0 Å². The maximum Gasteiger partial charge on any atom is 0.231 e. The zero-order valence-electron chi connectivity index (χ0n) is 14.5. The molecule has 0 aliphatic rings. The van der Waals surface area contributed by atoms with Crippen LogP contribution in [0.25, 0.3) is 0 Å². The van der Waals surface area contributed by atoms with E-state index < -0.39 is 0 Å². The zero-order valence-corrected chi connectivity index (χ0v) is 14.5. The highest BCUT2D eigenvalue weighted by Crippen LogP contribution is 2.31. The number of nitrogens with zero attached hydrogens (tertiary/aromatic N) is 1. The van der Waals surface area contributed by atoms with Crippen LogP contribution in [0.1, 0.15) is 12.5 Å². The average Bonchev–Trinajstić information content (AvgIpc) is 2.62. The van der Waals surface area contributed by atoms with Gasteiger partial charge < -0.3 is 19.1 Å². The Morgan fingerprint density at radius 2 is 1.67 bits per heavy atom. The van der Waals surface area contributed by atoms with Crippen LogP contribution < -0.4 is 19.1 Å². The summed E-state index contributed by atoms with van der Waals surface area (Å²) < 4.78 is 15.9. The zero-order chi connectivity index (χ0) is 17.5. The molecule has 0 bridgehead atoms. The summed E-state index contributed by atoms with van der Waals surface area (Å²) in [6.45, 7) is 2.57. The Morgan fingerprint density at radius 3 is 2.25 bits per heavy atom. The van der Waals surface area contributed by atoms with Crippen LogP contribution in [0.5, 0.6) is 17.2 Å². The molecule has 128 valence electrons. The van der Waals surface area contributed by atoms with Gasteiger partial charge in [-0.15, -0.1) is 0 Å². The number of anilines is 1. The van der Waals surface area contributed by atoms with Crippen molar-refractivity contribution in [2.45, 2.75) is 13.3 Å². The fourth-order valence-corrected chi connectivity index (χ4v) is 2.34. The lowest BCUT2D eigenvalue weighted by Gasteiger charge is -2.19. The first-order valence-corrected chi connectivity index (χ1v) is 7.79. The molecule has 5 nitrogen and oxygen atoms in total. The van der Waals surface area contributed by atoms with Crippen LogP contribution in [0, 0.1) is 0 Å². The van der Waals surface area contributed by atoms with Crippen molar-refractivity contribution in [3.8, 4) is 17.2 Å². The third-order valence-corrected chi connectivity index (χ3v) is 3.72. The number of hydrogen-bond donors (Lipinski definition) is 0. The summed E-state index contributed by atoms with van der Waals surface area (Å²) in [5.41, 5.74) is 1.69. The van der Waals surface area contributed by atoms with E-state index in [4.69, 9.17) is 14.2 Å². The van der Waals surface area contributed by atoms with Gasteiger partial charge in [0.25, 0.3) is 0 Å². The first-order valence-electron chi connectivity index (χ1n) is 7.79. The molecule has 1 amide bonds. The number of ether oxygens (including phenoxy) is 3. The second kappa shape index (κ2) is 8.24. The molecular formula is C19H23NO4. The molecule has 5 heteroatoms. The summed E-state index contributed by atoms with van der Waals surface area (Å²) in [4.78, 5) is 14.1. The Labute approximate surface area is 142 Å². The van der Waals surface area contributed by atoms with Gasteiger partial charge in [-0.3, -0.25) is 4.79 Å². The van der Waals surface area contributed by atoms with Crippen molar-refractivity contribution in [3.05, 3.63) is 48.0 Å². The highest BCUT2D eigenvalue weighted by Gasteiger charge is 2.14.